The maximum Gasteiger partial charge on any atom is 0.313 e. The molecule has 0 aromatic heterocycles. The highest BCUT2D eigenvalue weighted by Gasteiger charge is 2.26. The second-order valence-electron chi connectivity index (χ2n) is 4.06. The van der Waals surface area contributed by atoms with Gasteiger partial charge in [0.05, 0.1) is 0 Å². The summed E-state index contributed by atoms with van der Waals surface area (Å²) in [4.78, 5) is 22.2. The lowest BCUT2D eigenvalue weighted by atomic mass is 10.0. The molecule has 1 saturated heterocycles. The maximum absolute atomic E-state index is 11.2. The highest BCUT2D eigenvalue weighted by atomic mass is 16.5. The van der Waals surface area contributed by atoms with Crippen molar-refractivity contribution in [1.29, 1.82) is 0 Å². The minimum Gasteiger partial charge on any atom is -0.462 e. The molecule has 0 N–H and O–H groups in total. The van der Waals surface area contributed by atoms with Gasteiger partial charge in [0.2, 0.25) is 0 Å². The molecule has 0 unspecified atom stereocenters. The fourth-order valence-electron chi connectivity index (χ4n) is 1.89. The van der Waals surface area contributed by atoms with Crippen molar-refractivity contribution in [2.75, 3.05) is 0 Å². The van der Waals surface area contributed by atoms with E-state index < -0.39 is 0 Å². The summed E-state index contributed by atoms with van der Waals surface area (Å²) in [6.07, 6.45) is 1.66. The van der Waals surface area contributed by atoms with Gasteiger partial charge < -0.3 is 4.74 Å². The molecule has 0 bridgehead atoms. The van der Waals surface area contributed by atoms with Gasteiger partial charge in [0, 0.05) is 6.42 Å². The second kappa shape index (κ2) is 4.92. The number of ether oxygens (including phenoxy) is 1. The summed E-state index contributed by atoms with van der Waals surface area (Å²) in [5, 5.41) is 0. The van der Waals surface area contributed by atoms with Crippen LogP contribution in [0.2, 0.25) is 0 Å². The topological polar surface area (TPSA) is 43.4 Å². The Balaban J connectivity index is 1.86. The molecule has 2 rings (SSSR count). The van der Waals surface area contributed by atoms with Gasteiger partial charge >= 0.3 is 5.97 Å². The third-order valence-corrected chi connectivity index (χ3v) is 2.69. The molecule has 0 spiro atoms. The lowest BCUT2D eigenvalue weighted by molar-refractivity contribution is -0.157. The van der Waals surface area contributed by atoms with E-state index in [0.717, 1.165) is 12.8 Å². The van der Waals surface area contributed by atoms with Crippen LogP contribution in [0.15, 0.2) is 30.3 Å². The predicted molar refractivity (Wildman–Crippen MR) is 58.9 cm³/mol. The van der Waals surface area contributed by atoms with Crippen molar-refractivity contribution < 1.29 is 14.3 Å². The van der Waals surface area contributed by atoms with Crippen molar-refractivity contribution in [3.63, 3.8) is 0 Å². The number of benzene rings is 1. The van der Waals surface area contributed by atoms with Crippen molar-refractivity contribution in [2.24, 2.45) is 0 Å². The van der Waals surface area contributed by atoms with E-state index in [0.29, 0.717) is 6.42 Å². The van der Waals surface area contributed by atoms with E-state index in [9.17, 15) is 9.59 Å². The highest BCUT2D eigenvalue weighted by molar-refractivity contribution is 5.97. The van der Waals surface area contributed by atoms with Crippen LogP contribution >= 0.6 is 0 Å². The van der Waals surface area contributed by atoms with Crippen molar-refractivity contribution >= 4 is 11.8 Å². The number of Topliss-reactive ketones (excluding diaryl/α,β-unsaturated/α-hetero) is 1. The molecule has 1 aromatic carbocycles. The Bertz CT molecular complexity index is 367. The molecule has 0 aliphatic carbocycles. The third kappa shape index (κ3) is 2.92. The largest absolute Gasteiger partial charge is 0.462 e. The molecule has 1 aromatic rings. The van der Waals surface area contributed by atoms with Crippen LogP contribution in [0.5, 0.6) is 0 Å². The molecular weight excluding hydrogens is 204 g/mol. The van der Waals surface area contributed by atoms with Crippen molar-refractivity contribution in [3.05, 3.63) is 35.9 Å². The van der Waals surface area contributed by atoms with Crippen LogP contribution in [0.1, 0.15) is 24.8 Å². The molecule has 0 amide bonds. The first kappa shape index (κ1) is 10.9. The minimum absolute atomic E-state index is 0.00527. The SMILES string of the molecule is O=C1CC(=O)O[C@H](CCc2ccccc2)C1. The Labute approximate surface area is 94.4 Å². The summed E-state index contributed by atoms with van der Waals surface area (Å²) >= 11 is 0. The zero-order chi connectivity index (χ0) is 11.4. The monoisotopic (exact) mass is 218 g/mol. The molecule has 1 aliphatic heterocycles. The predicted octanol–water partition coefficient (Wildman–Crippen LogP) is 1.89. The quantitative estimate of drug-likeness (QED) is 0.574. The van der Waals surface area contributed by atoms with Gasteiger partial charge in [0.15, 0.2) is 0 Å². The van der Waals surface area contributed by atoms with Crippen molar-refractivity contribution in [1.82, 2.24) is 0 Å². The summed E-state index contributed by atoms with van der Waals surface area (Å²) in [6, 6.07) is 9.99. The molecule has 0 saturated carbocycles. The van der Waals surface area contributed by atoms with Crippen molar-refractivity contribution in [2.45, 2.75) is 31.8 Å². The molecular formula is C13H14O3. The van der Waals surface area contributed by atoms with E-state index in [1.54, 1.807) is 0 Å². The lowest BCUT2D eigenvalue weighted by Gasteiger charge is -2.21. The first-order valence-electron chi connectivity index (χ1n) is 5.49. The van der Waals surface area contributed by atoms with Gasteiger partial charge in [-0.1, -0.05) is 30.3 Å². The number of cyclic esters (lactones) is 1. The average Bonchev–Trinajstić information content (AvgIpc) is 2.27. The number of esters is 1. The molecule has 3 nitrogen and oxygen atoms in total. The summed E-state index contributed by atoms with van der Waals surface area (Å²) in [5.41, 5.74) is 1.21. The van der Waals surface area contributed by atoms with E-state index in [4.69, 9.17) is 4.74 Å². The van der Waals surface area contributed by atoms with Crippen molar-refractivity contribution in [3.8, 4) is 0 Å². The number of ketones is 1. The Morgan fingerprint density at radius 3 is 2.62 bits per heavy atom. The molecule has 1 atom stereocenters. The van der Waals surface area contributed by atoms with Crippen LogP contribution in [0, 0.1) is 0 Å². The fourth-order valence-corrected chi connectivity index (χ4v) is 1.89. The summed E-state index contributed by atoms with van der Waals surface area (Å²) in [5.74, 6) is -0.386. The third-order valence-electron chi connectivity index (χ3n) is 2.69. The molecule has 3 heteroatoms. The zero-order valence-corrected chi connectivity index (χ0v) is 9.02. The lowest BCUT2D eigenvalue weighted by Crippen LogP contribution is -2.29. The Morgan fingerprint density at radius 2 is 1.94 bits per heavy atom. The summed E-state index contributed by atoms with van der Waals surface area (Å²) in [7, 11) is 0. The highest BCUT2D eigenvalue weighted by Crippen LogP contribution is 2.16. The van der Waals surface area contributed by atoms with Crippen LogP contribution in [-0.2, 0) is 20.7 Å². The number of carbonyl (C=O) groups excluding carboxylic acids is 2. The van der Waals surface area contributed by atoms with E-state index in [2.05, 4.69) is 0 Å². The molecule has 1 heterocycles. The van der Waals surface area contributed by atoms with E-state index in [-0.39, 0.29) is 24.3 Å². The van der Waals surface area contributed by atoms with E-state index in [1.807, 2.05) is 30.3 Å². The first-order chi connectivity index (χ1) is 7.74. The van der Waals surface area contributed by atoms with Crippen LogP contribution in [0.3, 0.4) is 0 Å². The van der Waals surface area contributed by atoms with Gasteiger partial charge in [0.1, 0.15) is 18.3 Å². The van der Waals surface area contributed by atoms with E-state index in [1.165, 1.54) is 5.56 Å². The van der Waals surface area contributed by atoms with E-state index >= 15 is 0 Å². The Morgan fingerprint density at radius 1 is 1.19 bits per heavy atom. The number of hydrogen-bond acceptors (Lipinski definition) is 3. The fraction of sp³-hybridized carbons (Fsp3) is 0.385. The van der Waals surface area contributed by atoms with Gasteiger partial charge in [-0.3, -0.25) is 9.59 Å². The number of carbonyl (C=O) groups is 2. The smallest absolute Gasteiger partial charge is 0.313 e. The van der Waals surface area contributed by atoms with Gasteiger partial charge in [0.25, 0.3) is 0 Å². The summed E-state index contributed by atoms with van der Waals surface area (Å²) < 4.78 is 5.12. The van der Waals surface area contributed by atoms with Crippen LogP contribution < -0.4 is 0 Å². The molecule has 16 heavy (non-hydrogen) atoms. The molecule has 84 valence electrons. The number of aryl methyl sites for hydroxylation is 1. The summed E-state index contributed by atoms with van der Waals surface area (Å²) in [6.45, 7) is 0. The van der Waals surface area contributed by atoms with Crippen LogP contribution in [0.4, 0.5) is 0 Å². The van der Waals surface area contributed by atoms with Crippen LogP contribution in [0.25, 0.3) is 0 Å². The van der Waals surface area contributed by atoms with Gasteiger partial charge in [-0.25, -0.2) is 0 Å². The first-order valence-corrected chi connectivity index (χ1v) is 5.49. The maximum atomic E-state index is 11.2. The van der Waals surface area contributed by atoms with Gasteiger partial charge in [-0.15, -0.1) is 0 Å². The average molecular weight is 218 g/mol. The zero-order valence-electron chi connectivity index (χ0n) is 9.02. The second-order valence-corrected chi connectivity index (χ2v) is 4.06. The normalized spacial score (nSPS) is 20.6. The number of hydrogen-bond donors (Lipinski definition) is 0. The Hall–Kier alpha value is -1.64. The van der Waals surface area contributed by atoms with Gasteiger partial charge in [-0.2, -0.15) is 0 Å². The Kier molecular flexibility index (Phi) is 3.34. The van der Waals surface area contributed by atoms with Crippen LogP contribution in [-0.4, -0.2) is 17.9 Å². The van der Waals surface area contributed by atoms with Gasteiger partial charge in [-0.05, 0) is 18.4 Å². The molecule has 1 fully saturated rings. The minimum atomic E-state index is -0.380. The molecule has 0 radical (unpaired) electrons. The standard InChI is InChI=1S/C13H14O3/c14-11-8-12(16-13(15)9-11)7-6-10-4-2-1-3-5-10/h1-5,12H,6-9H2/t12-/m1/s1. The number of rotatable bonds is 3. The molecule has 1 aliphatic rings.